The van der Waals surface area contributed by atoms with Crippen molar-refractivity contribution in [1.29, 1.82) is 5.26 Å². The van der Waals surface area contributed by atoms with Crippen molar-refractivity contribution < 1.29 is 19.4 Å². The predicted molar refractivity (Wildman–Crippen MR) is 97.9 cm³/mol. The molecule has 0 atom stereocenters. The number of amides is 1. The molecule has 0 saturated carbocycles. The fraction of sp³-hybridized carbons (Fsp3) is 0.150. The van der Waals surface area contributed by atoms with Crippen LogP contribution in [0.1, 0.15) is 29.8 Å². The van der Waals surface area contributed by atoms with Crippen molar-refractivity contribution in [2.75, 3.05) is 11.9 Å². The van der Waals surface area contributed by atoms with Crippen molar-refractivity contribution >= 4 is 23.5 Å². The van der Waals surface area contributed by atoms with Gasteiger partial charge in [0.15, 0.2) is 17.3 Å². The van der Waals surface area contributed by atoms with Crippen molar-refractivity contribution in [3.63, 3.8) is 0 Å². The summed E-state index contributed by atoms with van der Waals surface area (Å²) in [4.78, 5) is 24.0. The first-order chi connectivity index (χ1) is 12.5. The summed E-state index contributed by atoms with van der Waals surface area (Å²) in [6, 6.07) is 12.9. The minimum absolute atomic E-state index is 0.0256. The number of nitriles is 1. The number of Topliss-reactive ketones (excluding diaryl/α,β-unsaturated/α-hetero) is 1. The molecule has 0 aliphatic heterocycles. The molecule has 0 fully saturated rings. The van der Waals surface area contributed by atoms with Crippen LogP contribution in [0.15, 0.2) is 48.0 Å². The molecular formula is C20H18N2O4. The molecule has 0 saturated heterocycles. The molecule has 132 valence electrons. The van der Waals surface area contributed by atoms with E-state index in [2.05, 4.69) is 5.32 Å². The van der Waals surface area contributed by atoms with Crippen LogP contribution in [0.3, 0.4) is 0 Å². The van der Waals surface area contributed by atoms with Gasteiger partial charge in [0.2, 0.25) is 0 Å². The lowest BCUT2D eigenvalue weighted by Gasteiger charge is -2.09. The summed E-state index contributed by atoms with van der Waals surface area (Å²) in [5.74, 6) is -0.585. The van der Waals surface area contributed by atoms with Crippen LogP contribution in [0.4, 0.5) is 5.69 Å². The Kier molecular flexibility index (Phi) is 6.12. The summed E-state index contributed by atoms with van der Waals surface area (Å²) in [5, 5.41) is 21.6. The van der Waals surface area contributed by atoms with E-state index >= 15 is 0 Å². The van der Waals surface area contributed by atoms with Crippen LogP contribution in [0.2, 0.25) is 0 Å². The van der Waals surface area contributed by atoms with Crippen molar-refractivity contribution in [1.82, 2.24) is 0 Å². The molecule has 2 aromatic rings. The van der Waals surface area contributed by atoms with E-state index in [0.29, 0.717) is 23.4 Å². The van der Waals surface area contributed by atoms with E-state index in [1.165, 1.54) is 25.1 Å². The molecule has 0 radical (unpaired) electrons. The Morgan fingerprint density at radius 3 is 2.65 bits per heavy atom. The van der Waals surface area contributed by atoms with Crippen LogP contribution < -0.4 is 10.1 Å². The first-order valence-corrected chi connectivity index (χ1v) is 7.95. The minimum Gasteiger partial charge on any atom is -0.504 e. The number of hydrogen-bond acceptors (Lipinski definition) is 5. The van der Waals surface area contributed by atoms with Gasteiger partial charge in [-0.2, -0.15) is 5.26 Å². The topological polar surface area (TPSA) is 99.4 Å². The SMILES string of the molecule is CCOc1cc(/C=C(/C#N)C(=O)Nc2ccccc2C(C)=O)ccc1O. The van der Waals surface area contributed by atoms with Crippen LogP contribution in [0.25, 0.3) is 6.08 Å². The first-order valence-electron chi connectivity index (χ1n) is 7.95. The van der Waals surface area contributed by atoms with Crippen LogP contribution in [-0.2, 0) is 4.79 Å². The molecule has 0 aromatic heterocycles. The number of ketones is 1. The molecule has 2 N–H and O–H groups in total. The number of ether oxygens (including phenoxy) is 1. The maximum atomic E-state index is 12.4. The zero-order chi connectivity index (χ0) is 19.1. The molecule has 1 amide bonds. The lowest BCUT2D eigenvalue weighted by Crippen LogP contribution is -2.15. The number of phenolic OH excluding ortho intramolecular Hbond substituents is 1. The Balaban J connectivity index is 2.30. The number of nitrogens with one attached hydrogen (secondary N) is 1. The quantitative estimate of drug-likeness (QED) is 0.471. The minimum atomic E-state index is -0.632. The monoisotopic (exact) mass is 350 g/mol. The van der Waals surface area contributed by atoms with Crippen molar-refractivity contribution in [2.24, 2.45) is 0 Å². The molecule has 2 rings (SSSR count). The zero-order valence-corrected chi connectivity index (χ0v) is 14.4. The average molecular weight is 350 g/mol. The molecule has 0 aliphatic carbocycles. The summed E-state index contributed by atoms with van der Waals surface area (Å²) in [6.07, 6.45) is 1.38. The number of rotatable bonds is 6. The number of aromatic hydroxyl groups is 1. The molecule has 6 heteroatoms. The molecule has 0 bridgehead atoms. The fourth-order valence-corrected chi connectivity index (χ4v) is 2.30. The Hall–Kier alpha value is -3.59. The van der Waals surface area contributed by atoms with Gasteiger partial charge in [0.25, 0.3) is 5.91 Å². The highest BCUT2D eigenvalue weighted by molar-refractivity contribution is 6.12. The normalized spacial score (nSPS) is 10.7. The lowest BCUT2D eigenvalue weighted by molar-refractivity contribution is -0.112. The number of hydrogen-bond donors (Lipinski definition) is 2. The first kappa shape index (κ1) is 18.7. The third-order valence-electron chi connectivity index (χ3n) is 3.51. The molecule has 6 nitrogen and oxygen atoms in total. The van der Waals surface area contributed by atoms with E-state index in [4.69, 9.17) is 4.74 Å². The molecule has 26 heavy (non-hydrogen) atoms. The Bertz CT molecular complexity index is 910. The molecule has 0 aliphatic rings. The maximum absolute atomic E-state index is 12.4. The highest BCUT2D eigenvalue weighted by Crippen LogP contribution is 2.28. The number of para-hydroxylation sites is 1. The second-order valence-corrected chi connectivity index (χ2v) is 5.39. The van der Waals surface area contributed by atoms with Gasteiger partial charge < -0.3 is 15.2 Å². The number of carbonyl (C=O) groups is 2. The van der Waals surface area contributed by atoms with E-state index in [0.717, 1.165) is 0 Å². The Morgan fingerprint density at radius 2 is 2.00 bits per heavy atom. The van der Waals surface area contributed by atoms with Crippen LogP contribution >= 0.6 is 0 Å². The fourth-order valence-electron chi connectivity index (χ4n) is 2.30. The van der Waals surface area contributed by atoms with Crippen molar-refractivity contribution in [3.8, 4) is 17.6 Å². The van der Waals surface area contributed by atoms with Crippen molar-refractivity contribution in [2.45, 2.75) is 13.8 Å². The summed E-state index contributed by atoms with van der Waals surface area (Å²) >= 11 is 0. The number of anilines is 1. The molecule has 0 unspecified atom stereocenters. The molecular weight excluding hydrogens is 332 g/mol. The van der Waals surface area contributed by atoms with E-state index in [1.807, 2.05) is 6.07 Å². The highest BCUT2D eigenvalue weighted by atomic mass is 16.5. The number of carbonyl (C=O) groups excluding carboxylic acids is 2. The summed E-state index contributed by atoms with van der Waals surface area (Å²) < 4.78 is 5.29. The highest BCUT2D eigenvalue weighted by Gasteiger charge is 2.14. The van der Waals surface area contributed by atoms with E-state index in [9.17, 15) is 20.0 Å². The van der Waals surface area contributed by atoms with Crippen molar-refractivity contribution in [3.05, 3.63) is 59.2 Å². The van der Waals surface area contributed by atoms with E-state index in [1.54, 1.807) is 37.3 Å². The molecule has 0 spiro atoms. The van der Waals surface area contributed by atoms with Gasteiger partial charge >= 0.3 is 0 Å². The van der Waals surface area contributed by atoms with E-state index in [-0.39, 0.29) is 22.9 Å². The molecule has 2 aromatic carbocycles. The van der Waals surface area contributed by atoms with Crippen LogP contribution in [-0.4, -0.2) is 23.4 Å². The van der Waals surface area contributed by atoms with Gasteiger partial charge in [0.05, 0.1) is 12.3 Å². The van der Waals surface area contributed by atoms with Gasteiger partial charge in [-0.3, -0.25) is 9.59 Å². The second kappa shape index (κ2) is 8.49. The number of phenols is 1. The Labute approximate surface area is 151 Å². The van der Waals surface area contributed by atoms with E-state index < -0.39 is 5.91 Å². The van der Waals surface area contributed by atoms with Gasteiger partial charge in [-0.25, -0.2) is 0 Å². The van der Waals surface area contributed by atoms with Gasteiger partial charge in [0.1, 0.15) is 11.6 Å². The largest absolute Gasteiger partial charge is 0.504 e. The lowest BCUT2D eigenvalue weighted by atomic mass is 10.1. The average Bonchev–Trinajstić information content (AvgIpc) is 2.62. The number of nitrogens with zero attached hydrogens (tertiary/aromatic N) is 1. The van der Waals surface area contributed by atoms with Gasteiger partial charge in [0, 0.05) is 5.56 Å². The third-order valence-corrected chi connectivity index (χ3v) is 3.51. The summed E-state index contributed by atoms with van der Waals surface area (Å²) in [6.45, 7) is 3.55. The van der Waals surface area contributed by atoms with Gasteiger partial charge in [-0.05, 0) is 49.8 Å². The standard InChI is InChI=1S/C20H18N2O4/c1-3-26-19-11-14(8-9-18(19)24)10-15(12-21)20(25)22-17-7-5-4-6-16(17)13(2)23/h4-11,24H,3H2,1-2H3,(H,22,25)/b15-10-. The summed E-state index contributed by atoms with van der Waals surface area (Å²) in [7, 11) is 0. The number of benzene rings is 2. The predicted octanol–water partition coefficient (Wildman–Crippen LogP) is 3.54. The second-order valence-electron chi connectivity index (χ2n) is 5.39. The van der Waals surface area contributed by atoms with Gasteiger partial charge in [-0.1, -0.05) is 18.2 Å². The Morgan fingerprint density at radius 1 is 1.27 bits per heavy atom. The maximum Gasteiger partial charge on any atom is 0.266 e. The molecule has 0 heterocycles. The van der Waals surface area contributed by atoms with Crippen LogP contribution in [0.5, 0.6) is 11.5 Å². The van der Waals surface area contributed by atoms with Gasteiger partial charge in [-0.15, -0.1) is 0 Å². The van der Waals surface area contributed by atoms with Crippen LogP contribution in [0, 0.1) is 11.3 Å². The smallest absolute Gasteiger partial charge is 0.266 e. The summed E-state index contributed by atoms with van der Waals surface area (Å²) in [5.41, 5.74) is 1.09. The zero-order valence-electron chi connectivity index (χ0n) is 14.4. The third kappa shape index (κ3) is 4.48.